The number of aryl methyl sites for hydroxylation is 2. The normalized spacial score (nSPS) is 11.2. The van der Waals surface area contributed by atoms with E-state index >= 15 is 0 Å². The van der Waals surface area contributed by atoms with Gasteiger partial charge in [-0.2, -0.15) is 5.26 Å². The molecule has 0 saturated heterocycles. The summed E-state index contributed by atoms with van der Waals surface area (Å²) in [5, 5.41) is 8.63. The molecule has 0 aliphatic carbocycles. The molecule has 0 bridgehead atoms. The summed E-state index contributed by atoms with van der Waals surface area (Å²) in [6, 6.07) is 11.4. The highest BCUT2D eigenvalue weighted by atomic mass is 16.5. The maximum absolute atomic E-state index is 12.2. The van der Waals surface area contributed by atoms with Crippen LogP contribution in [0.3, 0.4) is 0 Å². The Morgan fingerprint density at radius 3 is 2.33 bits per heavy atom. The summed E-state index contributed by atoms with van der Waals surface area (Å²) in [5.74, 6) is 0.548. The second-order valence-corrected chi connectivity index (χ2v) is 8.14. The quantitative estimate of drug-likeness (QED) is 0.462. The SMILES string of the molecule is COc1cc(C=CC(=O)OCc2c(C)cc(C(C)(C)C)cc2C)ccc1OCC#N. The van der Waals surface area contributed by atoms with Gasteiger partial charge in [0.1, 0.15) is 12.7 Å². The Labute approximate surface area is 178 Å². The van der Waals surface area contributed by atoms with E-state index in [2.05, 4.69) is 32.9 Å². The predicted octanol–water partition coefficient (Wildman–Crippen LogP) is 5.27. The molecule has 2 rings (SSSR count). The fourth-order valence-corrected chi connectivity index (χ4v) is 3.03. The van der Waals surface area contributed by atoms with Gasteiger partial charge in [0, 0.05) is 6.08 Å². The zero-order valence-electron chi connectivity index (χ0n) is 18.5. The average Bonchev–Trinajstić information content (AvgIpc) is 2.69. The van der Waals surface area contributed by atoms with Crippen LogP contribution < -0.4 is 9.47 Å². The summed E-state index contributed by atoms with van der Waals surface area (Å²) in [5.41, 5.74) is 5.37. The van der Waals surface area contributed by atoms with Gasteiger partial charge in [0.2, 0.25) is 0 Å². The number of nitrogens with zero attached hydrogens (tertiary/aromatic N) is 1. The number of carbonyl (C=O) groups is 1. The summed E-state index contributed by atoms with van der Waals surface area (Å²) in [6.45, 7) is 10.8. The van der Waals surface area contributed by atoms with Gasteiger partial charge in [0.15, 0.2) is 18.1 Å². The molecule has 5 nitrogen and oxygen atoms in total. The van der Waals surface area contributed by atoms with Crippen LogP contribution in [0.4, 0.5) is 0 Å². The van der Waals surface area contributed by atoms with Gasteiger partial charge >= 0.3 is 5.97 Å². The first-order valence-corrected chi connectivity index (χ1v) is 9.79. The van der Waals surface area contributed by atoms with Gasteiger partial charge in [-0.1, -0.05) is 39.0 Å². The van der Waals surface area contributed by atoms with Gasteiger partial charge in [0.25, 0.3) is 0 Å². The van der Waals surface area contributed by atoms with Crippen molar-refractivity contribution in [2.45, 2.75) is 46.6 Å². The number of rotatable bonds is 7. The largest absolute Gasteiger partial charge is 0.493 e. The Kier molecular flexibility index (Phi) is 7.66. The minimum absolute atomic E-state index is 0.0621. The molecule has 0 fully saturated rings. The monoisotopic (exact) mass is 407 g/mol. The number of ether oxygens (including phenoxy) is 3. The average molecular weight is 408 g/mol. The van der Waals surface area contributed by atoms with Crippen molar-refractivity contribution in [1.29, 1.82) is 5.26 Å². The Morgan fingerprint density at radius 1 is 1.10 bits per heavy atom. The molecule has 30 heavy (non-hydrogen) atoms. The maximum Gasteiger partial charge on any atom is 0.331 e. The van der Waals surface area contributed by atoms with Crippen LogP contribution in [0.1, 0.15) is 48.6 Å². The van der Waals surface area contributed by atoms with Crippen LogP contribution in [0.5, 0.6) is 11.5 Å². The smallest absolute Gasteiger partial charge is 0.331 e. The molecule has 2 aromatic carbocycles. The number of esters is 1. The minimum atomic E-state index is -0.419. The first-order valence-electron chi connectivity index (χ1n) is 9.79. The lowest BCUT2D eigenvalue weighted by Crippen LogP contribution is -2.13. The molecule has 0 aromatic heterocycles. The molecule has 0 spiro atoms. The molecule has 0 atom stereocenters. The third-order valence-electron chi connectivity index (χ3n) is 4.81. The number of nitriles is 1. The molecule has 158 valence electrons. The molecule has 0 radical (unpaired) electrons. The van der Waals surface area contributed by atoms with E-state index in [4.69, 9.17) is 19.5 Å². The summed E-state index contributed by atoms with van der Waals surface area (Å²) in [4.78, 5) is 12.2. The molecule has 2 aromatic rings. The van der Waals surface area contributed by atoms with Gasteiger partial charge in [-0.15, -0.1) is 0 Å². The molecule has 0 aliphatic heterocycles. The van der Waals surface area contributed by atoms with Gasteiger partial charge < -0.3 is 14.2 Å². The highest BCUT2D eigenvalue weighted by molar-refractivity contribution is 5.87. The molecule has 0 amide bonds. The van der Waals surface area contributed by atoms with Crippen LogP contribution in [0.25, 0.3) is 6.08 Å². The topological polar surface area (TPSA) is 68.6 Å². The molecule has 0 heterocycles. The summed E-state index contributed by atoms with van der Waals surface area (Å²) in [7, 11) is 1.52. The Hall–Kier alpha value is -3.26. The Balaban J connectivity index is 2.05. The Bertz CT molecular complexity index is 955. The van der Waals surface area contributed by atoms with Crippen molar-refractivity contribution in [2.75, 3.05) is 13.7 Å². The Morgan fingerprint density at radius 2 is 1.77 bits per heavy atom. The van der Waals surface area contributed by atoms with Crippen LogP contribution in [0.2, 0.25) is 0 Å². The highest BCUT2D eigenvalue weighted by Gasteiger charge is 2.16. The number of hydrogen-bond donors (Lipinski definition) is 0. The van der Waals surface area contributed by atoms with E-state index in [0.717, 1.165) is 22.3 Å². The van der Waals surface area contributed by atoms with Crippen molar-refractivity contribution >= 4 is 12.0 Å². The fraction of sp³-hybridized carbons (Fsp3) is 0.360. The summed E-state index contributed by atoms with van der Waals surface area (Å²) in [6.07, 6.45) is 3.04. The molecular weight excluding hydrogens is 378 g/mol. The lowest BCUT2D eigenvalue weighted by molar-refractivity contribution is -0.138. The van der Waals surface area contributed by atoms with Crippen molar-refractivity contribution in [3.05, 3.63) is 64.2 Å². The third kappa shape index (κ3) is 6.12. The van der Waals surface area contributed by atoms with Crippen molar-refractivity contribution in [3.8, 4) is 17.6 Å². The van der Waals surface area contributed by atoms with E-state index in [9.17, 15) is 4.79 Å². The molecule has 5 heteroatoms. The first kappa shape index (κ1) is 23.0. The minimum Gasteiger partial charge on any atom is -0.493 e. The second kappa shape index (κ2) is 9.98. The summed E-state index contributed by atoms with van der Waals surface area (Å²) < 4.78 is 16.0. The van der Waals surface area contributed by atoms with E-state index < -0.39 is 5.97 Å². The van der Waals surface area contributed by atoms with E-state index in [0.29, 0.717) is 11.5 Å². The lowest BCUT2D eigenvalue weighted by Gasteiger charge is -2.22. The predicted molar refractivity (Wildman–Crippen MR) is 118 cm³/mol. The zero-order chi connectivity index (χ0) is 22.3. The molecule has 0 aliphatic rings. The van der Waals surface area contributed by atoms with Gasteiger partial charge in [0.05, 0.1) is 7.11 Å². The van der Waals surface area contributed by atoms with Crippen molar-refractivity contribution < 1.29 is 19.0 Å². The standard InChI is InChI=1S/C25H29NO4/c1-17-13-20(25(3,4)5)14-18(2)21(17)16-30-24(27)10-8-19-7-9-22(29-12-11-26)23(15-19)28-6/h7-10,13-15H,12,16H2,1-6H3. The van der Waals surface area contributed by atoms with Gasteiger partial charge in [-0.05, 0) is 65.3 Å². The molecule has 0 unspecified atom stereocenters. The lowest BCUT2D eigenvalue weighted by atomic mass is 9.84. The highest BCUT2D eigenvalue weighted by Crippen LogP contribution is 2.29. The van der Waals surface area contributed by atoms with Gasteiger partial charge in [-0.25, -0.2) is 4.79 Å². The van der Waals surface area contributed by atoms with Crippen LogP contribution in [-0.2, 0) is 21.6 Å². The van der Waals surface area contributed by atoms with E-state index in [1.807, 2.05) is 19.9 Å². The van der Waals surface area contributed by atoms with E-state index in [-0.39, 0.29) is 18.6 Å². The summed E-state index contributed by atoms with van der Waals surface area (Å²) >= 11 is 0. The van der Waals surface area contributed by atoms with E-state index in [1.54, 1.807) is 24.3 Å². The molecular formula is C25H29NO4. The van der Waals surface area contributed by atoms with Crippen LogP contribution in [0.15, 0.2) is 36.4 Å². The molecule has 0 saturated carbocycles. The van der Waals surface area contributed by atoms with Crippen molar-refractivity contribution in [1.82, 2.24) is 0 Å². The number of benzene rings is 2. The van der Waals surface area contributed by atoms with E-state index in [1.165, 1.54) is 18.7 Å². The second-order valence-electron chi connectivity index (χ2n) is 8.14. The van der Waals surface area contributed by atoms with Crippen LogP contribution >= 0.6 is 0 Å². The van der Waals surface area contributed by atoms with Crippen molar-refractivity contribution in [3.63, 3.8) is 0 Å². The fourth-order valence-electron chi connectivity index (χ4n) is 3.03. The molecule has 0 N–H and O–H groups in total. The number of carbonyl (C=O) groups excluding carboxylic acids is 1. The maximum atomic E-state index is 12.2. The third-order valence-corrected chi connectivity index (χ3v) is 4.81. The van der Waals surface area contributed by atoms with Gasteiger partial charge in [-0.3, -0.25) is 0 Å². The number of methoxy groups -OCH3 is 1. The van der Waals surface area contributed by atoms with Crippen LogP contribution in [0, 0.1) is 25.2 Å². The zero-order valence-corrected chi connectivity index (χ0v) is 18.5. The van der Waals surface area contributed by atoms with Crippen LogP contribution in [-0.4, -0.2) is 19.7 Å². The van der Waals surface area contributed by atoms with Crippen molar-refractivity contribution in [2.24, 2.45) is 0 Å². The first-order chi connectivity index (χ1) is 14.2. The number of hydrogen-bond acceptors (Lipinski definition) is 5.